The normalized spacial score (nSPS) is 38.7. The summed E-state index contributed by atoms with van der Waals surface area (Å²) in [6.07, 6.45) is 1.45. The van der Waals surface area contributed by atoms with Crippen LogP contribution in [0.2, 0.25) is 0 Å². The van der Waals surface area contributed by atoms with Crippen LogP contribution in [-0.2, 0) is 0 Å². The molecule has 1 spiro atoms. The van der Waals surface area contributed by atoms with Gasteiger partial charge in [-0.05, 0) is 26.7 Å². The van der Waals surface area contributed by atoms with Crippen molar-refractivity contribution in [2.24, 2.45) is 5.41 Å². The molecule has 0 radical (unpaired) electrons. The summed E-state index contributed by atoms with van der Waals surface area (Å²) in [5, 5.41) is 0. The van der Waals surface area contributed by atoms with E-state index < -0.39 is 11.3 Å². The Bertz CT molecular complexity index is 226. The van der Waals surface area contributed by atoms with Gasteiger partial charge in [-0.15, -0.1) is 0 Å². The highest BCUT2D eigenvalue weighted by Gasteiger charge is 2.74. The Balaban J connectivity index is 2.06. The summed E-state index contributed by atoms with van der Waals surface area (Å²) in [5.41, 5.74) is 1.92. The van der Waals surface area contributed by atoms with Crippen molar-refractivity contribution in [3.63, 3.8) is 0 Å². The van der Waals surface area contributed by atoms with Gasteiger partial charge in [0.1, 0.15) is 0 Å². The van der Waals surface area contributed by atoms with Gasteiger partial charge in [0.2, 0.25) is 0 Å². The molecule has 11 heavy (non-hydrogen) atoms. The van der Waals surface area contributed by atoms with Crippen LogP contribution in [-0.4, -0.2) is 5.92 Å². The van der Waals surface area contributed by atoms with E-state index in [-0.39, 0.29) is 6.42 Å². The number of halogens is 2. The first-order chi connectivity index (χ1) is 4.97. The molecule has 0 bridgehead atoms. The van der Waals surface area contributed by atoms with E-state index in [1.807, 2.05) is 13.8 Å². The Morgan fingerprint density at radius 3 is 2.00 bits per heavy atom. The lowest BCUT2D eigenvalue weighted by Crippen LogP contribution is -2.23. The summed E-state index contributed by atoms with van der Waals surface area (Å²) >= 11 is 0. The summed E-state index contributed by atoms with van der Waals surface area (Å²) < 4.78 is 25.3. The van der Waals surface area contributed by atoms with Gasteiger partial charge in [0.05, 0.1) is 0 Å². The molecule has 0 aliphatic heterocycles. The third kappa shape index (κ3) is 0.784. The molecule has 2 heteroatoms. The molecule has 0 N–H and O–H groups in total. The second kappa shape index (κ2) is 1.67. The van der Waals surface area contributed by atoms with Crippen molar-refractivity contribution in [3.8, 4) is 0 Å². The minimum atomic E-state index is -2.33. The number of rotatable bonds is 0. The highest BCUT2D eigenvalue weighted by molar-refractivity contribution is 5.33. The molecule has 0 aromatic heterocycles. The molecule has 0 atom stereocenters. The zero-order chi connectivity index (χ0) is 8.28. The molecule has 0 aromatic carbocycles. The smallest absolute Gasteiger partial charge is 0.206 e. The summed E-state index contributed by atoms with van der Waals surface area (Å²) in [6, 6.07) is 0. The van der Waals surface area contributed by atoms with Crippen molar-refractivity contribution >= 4 is 0 Å². The van der Waals surface area contributed by atoms with Crippen LogP contribution >= 0.6 is 0 Å². The predicted octanol–water partition coefficient (Wildman–Crippen LogP) is 3.14. The Kier molecular flexibility index (Phi) is 1.10. The van der Waals surface area contributed by atoms with E-state index in [1.54, 1.807) is 0 Å². The standard InChI is InChI=1S/C9H12F2/c1-6(2)7-3-8(4-7)5-9(8,10)11/h3-5H2,1-2H3. The molecule has 2 fully saturated rings. The molecular formula is C9H12F2. The topological polar surface area (TPSA) is 0 Å². The van der Waals surface area contributed by atoms with Crippen LogP contribution in [0.25, 0.3) is 0 Å². The minimum Gasteiger partial charge on any atom is -0.206 e. The summed E-state index contributed by atoms with van der Waals surface area (Å²) in [6.45, 7) is 4.01. The third-order valence-electron chi connectivity index (χ3n) is 3.02. The Morgan fingerprint density at radius 1 is 1.27 bits per heavy atom. The van der Waals surface area contributed by atoms with Crippen molar-refractivity contribution in [3.05, 3.63) is 11.1 Å². The van der Waals surface area contributed by atoms with E-state index in [0.717, 1.165) is 0 Å². The monoisotopic (exact) mass is 158 g/mol. The van der Waals surface area contributed by atoms with Crippen LogP contribution in [0.4, 0.5) is 8.78 Å². The lowest BCUT2D eigenvalue weighted by molar-refractivity contribution is 0.0480. The molecule has 0 saturated heterocycles. The van der Waals surface area contributed by atoms with E-state index >= 15 is 0 Å². The number of allylic oxidation sites excluding steroid dienone is 2. The quantitative estimate of drug-likeness (QED) is 0.475. The number of alkyl halides is 2. The van der Waals surface area contributed by atoms with E-state index in [9.17, 15) is 8.78 Å². The summed E-state index contributed by atoms with van der Waals surface area (Å²) in [7, 11) is 0. The SMILES string of the molecule is CC(C)=C1CC2(C1)CC2(F)F. The van der Waals surface area contributed by atoms with Crippen LogP contribution < -0.4 is 0 Å². The van der Waals surface area contributed by atoms with Gasteiger partial charge < -0.3 is 0 Å². The van der Waals surface area contributed by atoms with E-state index in [2.05, 4.69) is 0 Å². The van der Waals surface area contributed by atoms with Crippen molar-refractivity contribution in [2.45, 2.75) is 39.0 Å². The highest BCUT2D eigenvalue weighted by atomic mass is 19.3. The van der Waals surface area contributed by atoms with E-state index in [0.29, 0.717) is 12.8 Å². The van der Waals surface area contributed by atoms with Crippen LogP contribution in [0.15, 0.2) is 11.1 Å². The van der Waals surface area contributed by atoms with E-state index in [4.69, 9.17) is 0 Å². The second-order valence-corrected chi connectivity index (χ2v) is 4.12. The zero-order valence-electron chi connectivity index (χ0n) is 6.88. The largest absolute Gasteiger partial charge is 0.255 e. The van der Waals surface area contributed by atoms with Gasteiger partial charge in [-0.2, -0.15) is 0 Å². The molecule has 2 saturated carbocycles. The van der Waals surface area contributed by atoms with Gasteiger partial charge in [-0.25, -0.2) is 8.78 Å². The molecule has 0 unspecified atom stereocenters. The first kappa shape index (κ1) is 7.26. The molecule has 0 aromatic rings. The summed E-state index contributed by atoms with van der Waals surface area (Å²) in [5.74, 6) is -2.33. The maximum Gasteiger partial charge on any atom is 0.255 e. The molecule has 2 aliphatic carbocycles. The molecule has 0 amide bonds. The predicted molar refractivity (Wildman–Crippen MR) is 39.6 cm³/mol. The Hall–Kier alpha value is -0.400. The highest BCUT2D eigenvalue weighted by Crippen LogP contribution is 2.72. The van der Waals surface area contributed by atoms with Gasteiger partial charge >= 0.3 is 0 Å². The molecule has 0 heterocycles. The lowest BCUT2D eigenvalue weighted by atomic mass is 9.74. The van der Waals surface area contributed by atoms with Crippen LogP contribution in [0, 0.1) is 5.41 Å². The fourth-order valence-corrected chi connectivity index (χ4v) is 1.88. The molecular weight excluding hydrogens is 146 g/mol. The van der Waals surface area contributed by atoms with Crippen molar-refractivity contribution < 1.29 is 8.78 Å². The Labute approximate surface area is 65.3 Å². The van der Waals surface area contributed by atoms with Gasteiger partial charge in [0.15, 0.2) is 0 Å². The molecule has 2 aliphatic rings. The van der Waals surface area contributed by atoms with Crippen LogP contribution in [0.1, 0.15) is 33.1 Å². The summed E-state index contributed by atoms with van der Waals surface area (Å²) in [4.78, 5) is 0. The van der Waals surface area contributed by atoms with Gasteiger partial charge in [-0.3, -0.25) is 0 Å². The van der Waals surface area contributed by atoms with Crippen molar-refractivity contribution in [1.82, 2.24) is 0 Å². The second-order valence-electron chi connectivity index (χ2n) is 4.12. The maximum absolute atomic E-state index is 12.6. The molecule has 2 rings (SSSR count). The maximum atomic E-state index is 12.6. The van der Waals surface area contributed by atoms with E-state index in [1.165, 1.54) is 11.1 Å². The minimum absolute atomic E-state index is 0.136. The number of hydrogen-bond acceptors (Lipinski definition) is 0. The fourth-order valence-electron chi connectivity index (χ4n) is 1.88. The van der Waals surface area contributed by atoms with Crippen molar-refractivity contribution in [2.75, 3.05) is 0 Å². The van der Waals surface area contributed by atoms with Gasteiger partial charge in [0.25, 0.3) is 5.92 Å². The van der Waals surface area contributed by atoms with Gasteiger partial charge in [0, 0.05) is 11.8 Å². The molecule has 62 valence electrons. The van der Waals surface area contributed by atoms with Crippen LogP contribution in [0.5, 0.6) is 0 Å². The molecule has 0 nitrogen and oxygen atoms in total. The first-order valence-electron chi connectivity index (χ1n) is 4.00. The fraction of sp³-hybridized carbons (Fsp3) is 0.778. The third-order valence-corrected chi connectivity index (χ3v) is 3.02. The Morgan fingerprint density at radius 2 is 1.73 bits per heavy atom. The zero-order valence-corrected chi connectivity index (χ0v) is 6.88. The average Bonchev–Trinajstić information content (AvgIpc) is 2.29. The first-order valence-corrected chi connectivity index (χ1v) is 4.00. The average molecular weight is 158 g/mol. The van der Waals surface area contributed by atoms with Crippen molar-refractivity contribution in [1.29, 1.82) is 0 Å². The van der Waals surface area contributed by atoms with Crippen LogP contribution in [0.3, 0.4) is 0 Å². The lowest BCUT2D eigenvalue weighted by Gasteiger charge is -2.30. The van der Waals surface area contributed by atoms with Gasteiger partial charge in [-0.1, -0.05) is 11.1 Å². The number of hydrogen-bond donors (Lipinski definition) is 0.